The molecule has 1 aromatic carbocycles. The molecular formula is C20H24N6O2. The van der Waals surface area contributed by atoms with E-state index in [1.807, 2.05) is 47.1 Å². The normalized spacial score (nSPS) is 15.0. The minimum atomic E-state index is -0.367. The van der Waals surface area contributed by atoms with Gasteiger partial charge in [0.2, 0.25) is 5.95 Å². The van der Waals surface area contributed by atoms with Crippen LogP contribution in [0.25, 0.3) is 17.2 Å². The zero-order valence-corrected chi connectivity index (χ0v) is 16.1. The van der Waals surface area contributed by atoms with Crippen LogP contribution >= 0.6 is 0 Å². The van der Waals surface area contributed by atoms with Gasteiger partial charge >= 0.3 is 5.69 Å². The topological polar surface area (TPSA) is 77.1 Å². The lowest BCUT2D eigenvalue weighted by molar-refractivity contribution is 0.572. The van der Waals surface area contributed by atoms with E-state index in [-0.39, 0.29) is 11.2 Å². The van der Waals surface area contributed by atoms with Crippen LogP contribution in [0.15, 0.2) is 46.0 Å². The highest BCUT2D eigenvalue weighted by Gasteiger charge is 2.23. The predicted molar refractivity (Wildman–Crippen MR) is 111 cm³/mol. The van der Waals surface area contributed by atoms with Crippen LogP contribution in [0.5, 0.6) is 0 Å². The number of aryl methyl sites for hydroxylation is 1. The Kier molecular flexibility index (Phi) is 4.87. The summed E-state index contributed by atoms with van der Waals surface area (Å²) >= 11 is 0. The van der Waals surface area contributed by atoms with Crippen LogP contribution in [0, 0.1) is 0 Å². The van der Waals surface area contributed by atoms with E-state index >= 15 is 0 Å². The third-order valence-corrected chi connectivity index (χ3v) is 5.13. The van der Waals surface area contributed by atoms with Crippen LogP contribution in [-0.2, 0) is 20.6 Å². The summed E-state index contributed by atoms with van der Waals surface area (Å²) in [6.45, 7) is 3.83. The average Bonchev–Trinajstić information content (AvgIpc) is 3.12. The minimum absolute atomic E-state index is 0.319. The summed E-state index contributed by atoms with van der Waals surface area (Å²) in [4.78, 5) is 32.1. The van der Waals surface area contributed by atoms with Gasteiger partial charge in [-0.15, -0.1) is 0 Å². The van der Waals surface area contributed by atoms with E-state index in [0.717, 1.165) is 42.3 Å². The largest absolute Gasteiger partial charge is 0.340 e. The highest BCUT2D eigenvalue weighted by atomic mass is 16.2. The number of aromatic nitrogens is 4. The lowest BCUT2D eigenvalue weighted by Gasteiger charge is -2.28. The molecule has 0 saturated carbocycles. The van der Waals surface area contributed by atoms with Gasteiger partial charge < -0.3 is 14.8 Å². The van der Waals surface area contributed by atoms with Gasteiger partial charge in [-0.25, -0.2) is 4.79 Å². The molecule has 1 N–H and O–H groups in total. The number of piperazine rings is 1. The fraction of sp³-hybridized carbons (Fsp3) is 0.350. The molecule has 8 heteroatoms. The van der Waals surface area contributed by atoms with Crippen molar-refractivity contribution in [3.8, 4) is 0 Å². The van der Waals surface area contributed by atoms with E-state index in [4.69, 9.17) is 4.98 Å². The molecule has 1 saturated heterocycles. The van der Waals surface area contributed by atoms with Gasteiger partial charge in [0, 0.05) is 46.8 Å². The Labute approximate surface area is 162 Å². The molecule has 1 aliphatic rings. The first kappa shape index (κ1) is 18.2. The number of anilines is 1. The van der Waals surface area contributed by atoms with Gasteiger partial charge in [0.1, 0.15) is 0 Å². The Morgan fingerprint density at radius 3 is 2.50 bits per heavy atom. The third kappa shape index (κ3) is 3.16. The Bertz CT molecular complexity index is 1130. The molecule has 0 radical (unpaired) electrons. The van der Waals surface area contributed by atoms with Gasteiger partial charge in [-0.3, -0.25) is 13.9 Å². The van der Waals surface area contributed by atoms with E-state index < -0.39 is 0 Å². The van der Waals surface area contributed by atoms with Crippen molar-refractivity contribution in [1.82, 2.24) is 24.0 Å². The zero-order valence-electron chi connectivity index (χ0n) is 16.1. The molecule has 1 aliphatic heterocycles. The number of hydrogen-bond acceptors (Lipinski definition) is 5. The molecule has 3 aromatic rings. The summed E-state index contributed by atoms with van der Waals surface area (Å²) < 4.78 is 4.50. The van der Waals surface area contributed by atoms with Crippen LogP contribution in [0.4, 0.5) is 5.95 Å². The molecule has 0 aliphatic carbocycles. The number of nitrogens with one attached hydrogen (secondary N) is 1. The average molecular weight is 380 g/mol. The quantitative estimate of drug-likeness (QED) is 0.716. The standard InChI is InChI=1S/C20H24N6O2/c1-23-17-16(18(27)24(2)20(23)28)26(12-6-9-15-7-4-3-5-8-15)19(22-17)25-13-10-21-11-14-25/h3-9,21H,10-14H2,1-2H3/b9-6+. The van der Waals surface area contributed by atoms with Gasteiger partial charge in [0.15, 0.2) is 11.2 Å². The van der Waals surface area contributed by atoms with Crippen molar-refractivity contribution in [2.24, 2.45) is 14.1 Å². The van der Waals surface area contributed by atoms with Crippen molar-refractivity contribution in [3.63, 3.8) is 0 Å². The van der Waals surface area contributed by atoms with Crippen molar-refractivity contribution in [1.29, 1.82) is 0 Å². The van der Waals surface area contributed by atoms with Crippen molar-refractivity contribution < 1.29 is 0 Å². The van der Waals surface area contributed by atoms with Crippen LogP contribution in [0.1, 0.15) is 5.56 Å². The molecule has 3 heterocycles. The molecule has 2 aromatic heterocycles. The number of benzene rings is 1. The first-order valence-corrected chi connectivity index (χ1v) is 9.41. The molecule has 0 unspecified atom stereocenters. The van der Waals surface area contributed by atoms with E-state index in [2.05, 4.69) is 10.2 Å². The molecule has 8 nitrogen and oxygen atoms in total. The maximum Gasteiger partial charge on any atom is 0.332 e. The number of allylic oxidation sites excluding steroid dienone is 1. The molecule has 28 heavy (non-hydrogen) atoms. The highest BCUT2D eigenvalue weighted by molar-refractivity contribution is 5.75. The molecule has 146 valence electrons. The Morgan fingerprint density at radius 1 is 1.07 bits per heavy atom. The van der Waals surface area contributed by atoms with E-state index in [0.29, 0.717) is 17.7 Å². The lowest BCUT2D eigenvalue weighted by atomic mass is 10.2. The van der Waals surface area contributed by atoms with Crippen molar-refractivity contribution in [3.05, 3.63) is 62.8 Å². The molecule has 0 bridgehead atoms. The van der Waals surface area contributed by atoms with Gasteiger partial charge in [-0.05, 0) is 5.56 Å². The summed E-state index contributed by atoms with van der Waals surface area (Å²) in [6, 6.07) is 10.0. The summed E-state index contributed by atoms with van der Waals surface area (Å²) in [7, 11) is 3.16. The van der Waals surface area contributed by atoms with E-state index in [1.54, 1.807) is 7.05 Å². The molecule has 0 amide bonds. The molecular weight excluding hydrogens is 356 g/mol. The smallest absolute Gasteiger partial charge is 0.332 e. The Balaban J connectivity index is 1.84. The molecule has 0 spiro atoms. The van der Waals surface area contributed by atoms with Crippen LogP contribution in [-0.4, -0.2) is 44.9 Å². The second-order valence-electron chi connectivity index (χ2n) is 6.95. The Hall–Kier alpha value is -3.13. The van der Waals surface area contributed by atoms with Crippen molar-refractivity contribution >= 4 is 23.2 Å². The zero-order chi connectivity index (χ0) is 19.7. The minimum Gasteiger partial charge on any atom is -0.340 e. The van der Waals surface area contributed by atoms with Gasteiger partial charge in [0.05, 0.1) is 0 Å². The molecule has 1 fully saturated rings. The summed E-state index contributed by atoms with van der Waals surface area (Å²) in [5, 5.41) is 3.33. The second-order valence-corrected chi connectivity index (χ2v) is 6.95. The van der Waals surface area contributed by atoms with Crippen molar-refractivity contribution in [2.75, 3.05) is 31.1 Å². The fourth-order valence-electron chi connectivity index (χ4n) is 3.57. The first-order chi connectivity index (χ1) is 13.6. The number of nitrogens with zero attached hydrogens (tertiary/aromatic N) is 5. The summed E-state index contributed by atoms with van der Waals surface area (Å²) in [5.41, 5.74) is 1.29. The van der Waals surface area contributed by atoms with Crippen LogP contribution in [0.2, 0.25) is 0 Å². The van der Waals surface area contributed by atoms with Gasteiger partial charge in [-0.2, -0.15) is 4.98 Å². The van der Waals surface area contributed by atoms with Gasteiger partial charge in [-0.1, -0.05) is 42.5 Å². The fourth-order valence-corrected chi connectivity index (χ4v) is 3.57. The number of rotatable bonds is 4. The predicted octanol–water partition coefficient (Wildman–Crippen LogP) is 0.557. The third-order valence-electron chi connectivity index (χ3n) is 5.13. The van der Waals surface area contributed by atoms with E-state index in [1.165, 1.54) is 11.6 Å². The number of imidazole rings is 1. The Morgan fingerprint density at radius 2 is 1.79 bits per heavy atom. The van der Waals surface area contributed by atoms with Crippen LogP contribution in [0.3, 0.4) is 0 Å². The van der Waals surface area contributed by atoms with Crippen LogP contribution < -0.4 is 21.5 Å². The number of fused-ring (bicyclic) bond motifs is 1. The lowest BCUT2D eigenvalue weighted by Crippen LogP contribution is -2.44. The van der Waals surface area contributed by atoms with Crippen molar-refractivity contribution in [2.45, 2.75) is 6.54 Å². The second kappa shape index (κ2) is 7.47. The highest BCUT2D eigenvalue weighted by Crippen LogP contribution is 2.20. The summed E-state index contributed by atoms with van der Waals surface area (Å²) in [6.07, 6.45) is 4.05. The maximum atomic E-state index is 12.9. The summed E-state index contributed by atoms with van der Waals surface area (Å²) in [5.74, 6) is 0.729. The molecule has 0 atom stereocenters. The van der Waals surface area contributed by atoms with E-state index in [9.17, 15) is 9.59 Å². The molecule has 4 rings (SSSR count). The monoisotopic (exact) mass is 380 g/mol. The maximum absolute atomic E-state index is 12.9. The first-order valence-electron chi connectivity index (χ1n) is 9.41. The number of hydrogen-bond donors (Lipinski definition) is 1. The van der Waals surface area contributed by atoms with Gasteiger partial charge in [0.25, 0.3) is 5.56 Å². The SMILES string of the molecule is Cn1c(=O)c2c(nc(N3CCNCC3)n2C/C=C/c2ccccc2)n(C)c1=O.